The highest BCUT2D eigenvalue weighted by atomic mass is 79.9. The van der Waals surface area contributed by atoms with E-state index in [1.165, 1.54) is 22.7 Å². The maximum atomic E-state index is 12.6. The number of nitrogens with zero attached hydrogens (tertiary/aromatic N) is 2. The zero-order valence-electron chi connectivity index (χ0n) is 14.5. The number of amides is 1. The van der Waals surface area contributed by atoms with Crippen molar-refractivity contribution in [2.45, 2.75) is 18.7 Å². The summed E-state index contributed by atoms with van der Waals surface area (Å²) in [7, 11) is -3.62. The summed E-state index contributed by atoms with van der Waals surface area (Å²) in [6, 6.07) is 13.4. The lowest BCUT2D eigenvalue weighted by molar-refractivity contribution is 0.0955. The fraction of sp³-hybridized carbons (Fsp3) is 0.222. The molecule has 0 spiro atoms. The van der Waals surface area contributed by atoms with E-state index in [0.29, 0.717) is 13.1 Å². The second-order valence-corrected chi connectivity index (χ2v) is 8.22. The largest absolute Gasteiger partial charge is 0.271 e. The van der Waals surface area contributed by atoms with Crippen molar-refractivity contribution in [3.63, 3.8) is 0 Å². The van der Waals surface area contributed by atoms with Crippen molar-refractivity contribution >= 4 is 38.1 Å². The van der Waals surface area contributed by atoms with Crippen molar-refractivity contribution in [2.24, 2.45) is 5.10 Å². The number of hydrazone groups is 1. The van der Waals surface area contributed by atoms with Crippen LogP contribution in [0.3, 0.4) is 0 Å². The maximum absolute atomic E-state index is 12.6. The molecule has 0 aliphatic heterocycles. The van der Waals surface area contributed by atoms with Gasteiger partial charge in [0, 0.05) is 23.1 Å². The van der Waals surface area contributed by atoms with Gasteiger partial charge in [0.15, 0.2) is 0 Å². The van der Waals surface area contributed by atoms with E-state index < -0.39 is 15.9 Å². The Morgan fingerprint density at radius 1 is 1.15 bits per heavy atom. The second-order valence-electron chi connectivity index (χ2n) is 5.37. The Morgan fingerprint density at radius 3 is 2.50 bits per heavy atom. The minimum Gasteiger partial charge on any atom is -0.267 e. The molecule has 2 aromatic rings. The molecule has 0 aliphatic carbocycles. The van der Waals surface area contributed by atoms with Crippen molar-refractivity contribution in [1.82, 2.24) is 9.73 Å². The highest BCUT2D eigenvalue weighted by molar-refractivity contribution is 9.10. The molecule has 8 heteroatoms. The molecule has 2 rings (SSSR count). The summed E-state index contributed by atoms with van der Waals surface area (Å²) in [5.74, 6) is -0.479. The van der Waals surface area contributed by atoms with E-state index in [1.54, 1.807) is 26.0 Å². The molecule has 0 radical (unpaired) electrons. The Hall–Kier alpha value is -2.03. The zero-order chi connectivity index (χ0) is 19.2. The van der Waals surface area contributed by atoms with Crippen LogP contribution in [-0.4, -0.2) is 37.9 Å². The van der Waals surface area contributed by atoms with Crippen molar-refractivity contribution in [2.75, 3.05) is 13.1 Å². The third-order valence-corrected chi connectivity index (χ3v) is 6.21. The molecular formula is C18H20BrN3O3S. The molecule has 6 nitrogen and oxygen atoms in total. The Bertz CT molecular complexity index is 909. The monoisotopic (exact) mass is 437 g/mol. The van der Waals surface area contributed by atoms with Crippen LogP contribution in [0.1, 0.15) is 29.8 Å². The van der Waals surface area contributed by atoms with Crippen LogP contribution >= 0.6 is 15.9 Å². The number of nitrogens with one attached hydrogen (secondary N) is 1. The first-order valence-electron chi connectivity index (χ1n) is 8.07. The summed E-state index contributed by atoms with van der Waals surface area (Å²) < 4.78 is 27.4. The predicted molar refractivity (Wildman–Crippen MR) is 106 cm³/mol. The number of sulfonamides is 1. The van der Waals surface area contributed by atoms with Gasteiger partial charge in [0.25, 0.3) is 5.91 Å². The van der Waals surface area contributed by atoms with Gasteiger partial charge in [-0.1, -0.05) is 48.0 Å². The van der Waals surface area contributed by atoms with Gasteiger partial charge < -0.3 is 0 Å². The van der Waals surface area contributed by atoms with E-state index in [1.807, 2.05) is 24.3 Å². The van der Waals surface area contributed by atoms with Crippen LogP contribution in [0.25, 0.3) is 0 Å². The number of benzene rings is 2. The van der Waals surface area contributed by atoms with Gasteiger partial charge in [-0.05, 0) is 35.9 Å². The van der Waals surface area contributed by atoms with Crippen LogP contribution in [0.5, 0.6) is 0 Å². The SMILES string of the molecule is CCN(CC)S(=O)(=O)c1cccc(C(=O)N/N=C\c2cccc(Br)c2)c1. The van der Waals surface area contributed by atoms with Crippen LogP contribution in [0.4, 0.5) is 0 Å². The van der Waals surface area contributed by atoms with Crippen molar-refractivity contribution in [3.05, 3.63) is 64.1 Å². The fourth-order valence-electron chi connectivity index (χ4n) is 2.33. The first-order chi connectivity index (χ1) is 12.4. The molecule has 0 aliphatic rings. The minimum absolute atomic E-state index is 0.0878. The molecule has 0 saturated carbocycles. The number of carbonyl (C=O) groups is 1. The van der Waals surface area contributed by atoms with Gasteiger partial charge in [-0.15, -0.1) is 0 Å². The predicted octanol–water partition coefficient (Wildman–Crippen LogP) is 3.24. The Balaban J connectivity index is 2.15. The van der Waals surface area contributed by atoms with E-state index in [-0.39, 0.29) is 10.5 Å². The number of rotatable bonds is 7. The third kappa shape index (κ3) is 5.00. The number of hydrogen-bond acceptors (Lipinski definition) is 4. The van der Waals surface area contributed by atoms with E-state index in [4.69, 9.17) is 0 Å². The van der Waals surface area contributed by atoms with Crippen molar-refractivity contribution in [3.8, 4) is 0 Å². The van der Waals surface area contributed by atoms with Crippen molar-refractivity contribution in [1.29, 1.82) is 0 Å². The summed E-state index contributed by atoms with van der Waals surface area (Å²) >= 11 is 3.36. The molecule has 0 aromatic heterocycles. The molecule has 0 atom stereocenters. The summed E-state index contributed by atoms with van der Waals surface area (Å²) in [6.45, 7) is 4.28. The highest BCUT2D eigenvalue weighted by Crippen LogP contribution is 2.17. The average molecular weight is 438 g/mol. The maximum Gasteiger partial charge on any atom is 0.271 e. The van der Waals surface area contributed by atoms with Gasteiger partial charge >= 0.3 is 0 Å². The van der Waals surface area contributed by atoms with E-state index in [2.05, 4.69) is 26.5 Å². The molecule has 26 heavy (non-hydrogen) atoms. The molecule has 2 aromatic carbocycles. The molecule has 138 valence electrons. The van der Waals surface area contributed by atoms with Crippen molar-refractivity contribution < 1.29 is 13.2 Å². The molecule has 1 N–H and O–H groups in total. The molecule has 0 saturated heterocycles. The number of carbonyl (C=O) groups excluding carboxylic acids is 1. The summed E-state index contributed by atoms with van der Waals surface area (Å²) in [5, 5.41) is 3.91. The quantitative estimate of drug-likeness (QED) is 0.533. The molecule has 1 amide bonds. The smallest absolute Gasteiger partial charge is 0.267 e. The number of halogens is 1. The van der Waals surface area contributed by atoms with Crippen LogP contribution in [0, 0.1) is 0 Å². The molecular weight excluding hydrogens is 418 g/mol. The summed E-state index contributed by atoms with van der Waals surface area (Å²) in [4.78, 5) is 12.3. The Kier molecular flexibility index (Phi) is 7.07. The van der Waals surface area contributed by atoms with Gasteiger partial charge in [0.05, 0.1) is 11.1 Å². The molecule has 0 fully saturated rings. The topological polar surface area (TPSA) is 78.8 Å². The zero-order valence-corrected chi connectivity index (χ0v) is 16.9. The first-order valence-corrected chi connectivity index (χ1v) is 10.3. The molecule has 0 unspecified atom stereocenters. The van der Waals surface area contributed by atoms with Gasteiger partial charge in [0.2, 0.25) is 10.0 Å². The third-order valence-electron chi connectivity index (χ3n) is 3.67. The first kappa shape index (κ1) is 20.3. The fourth-order valence-corrected chi connectivity index (χ4v) is 4.25. The normalized spacial score (nSPS) is 11.8. The van der Waals surface area contributed by atoms with Gasteiger partial charge in [-0.2, -0.15) is 9.41 Å². The average Bonchev–Trinajstić information content (AvgIpc) is 2.62. The van der Waals surface area contributed by atoms with Crippen LogP contribution in [0.15, 0.2) is 63.0 Å². The lowest BCUT2D eigenvalue weighted by Gasteiger charge is -2.18. The minimum atomic E-state index is -3.62. The molecule has 0 heterocycles. The molecule has 0 bridgehead atoms. The standard InChI is InChI=1S/C18H20BrN3O3S/c1-3-22(4-2)26(24,25)17-10-6-8-15(12-17)18(23)21-20-13-14-7-5-9-16(19)11-14/h5-13H,3-4H2,1-2H3,(H,21,23)/b20-13-. The summed E-state index contributed by atoms with van der Waals surface area (Å²) in [6.07, 6.45) is 1.51. The van der Waals surface area contributed by atoms with E-state index in [0.717, 1.165) is 10.0 Å². The second kappa shape index (κ2) is 9.07. The van der Waals surface area contributed by atoms with Gasteiger partial charge in [-0.3, -0.25) is 4.79 Å². The van der Waals surface area contributed by atoms with E-state index >= 15 is 0 Å². The van der Waals surface area contributed by atoms with Crippen LogP contribution < -0.4 is 5.43 Å². The summed E-state index contributed by atoms with van der Waals surface area (Å²) in [5.41, 5.74) is 3.45. The van der Waals surface area contributed by atoms with Crippen LogP contribution in [0.2, 0.25) is 0 Å². The Morgan fingerprint density at radius 2 is 1.85 bits per heavy atom. The lowest BCUT2D eigenvalue weighted by atomic mass is 10.2. The van der Waals surface area contributed by atoms with Crippen LogP contribution in [-0.2, 0) is 10.0 Å². The van der Waals surface area contributed by atoms with Gasteiger partial charge in [0.1, 0.15) is 0 Å². The van der Waals surface area contributed by atoms with Gasteiger partial charge in [-0.25, -0.2) is 13.8 Å². The lowest BCUT2D eigenvalue weighted by Crippen LogP contribution is -2.30. The van der Waals surface area contributed by atoms with E-state index in [9.17, 15) is 13.2 Å². The Labute approximate surface area is 162 Å². The highest BCUT2D eigenvalue weighted by Gasteiger charge is 2.22. The number of hydrogen-bond donors (Lipinski definition) is 1.